The van der Waals surface area contributed by atoms with Crippen LogP contribution in [0.4, 0.5) is 0 Å². The van der Waals surface area contributed by atoms with Crippen LogP contribution in [0.3, 0.4) is 0 Å². The van der Waals surface area contributed by atoms with Crippen molar-refractivity contribution >= 4 is 11.9 Å². The lowest BCUT2D eigenvalue weighted by molar-refractivity contribution is -0.156. The third-order valence-corrected chi connectivity index (χ3v) is 2.16. The summed E-state index contributed by atoms with van der Waals surface area (Å²) in [7, 11) is 0. The molecule has 0 aromatic heterocycles. The third kappa shape index (κ3) is 4.14. The van der Waals surface area contributed by atoms with E-state index < -0.39 is 31.1 Å². The smallest absolute Gasteiger partial charge is 0.325 e. The topological polar surface area (TPSA) is 100 Å². The molecule has 0 saturated heterocycles. The molecule has 0 aliphatic heterocycles. The van der Waals surface area contributed by atoms with E-state index in [1.807, 2.05) is 0 Å². The Balaban J connectivity index is 2.92. The molecule has 0 heterocycles. The first-order valence-electron chi connectivity index (χ1n) is 5.32. The highest BCUT2D eigenvalue weighted by Gasteiger charge is 2.31. The second-order valence-corrected chi connectivity index (χ2v) is 3.38. The van der Waals surface area contributed by atoms with Crippen molar-refractivity contribution in [3.05, 3.63) is 35.9 Å². The van der Waals surface area contributed by atoms with E-state index in [1.165, 1.54) is 0 Å². The van der Waals surface area contributed by atoms with Crippen LogP contribution in [0.25, 0.3) is 0 Å². The summed E-state index contributed by atoms with van der Waals surface area (Å²) in [5.41, 5.74) is 0.383. The van der Waals surface area contributed by atoms with Gasteiger partial charge in [0.1, 0.15) is 12.1 Å². The summed E-state index contributed by atoms with van der Waals surface area (Å²) in [5, 5.41) is 16.7. The lowest BCUT2D eigenvalue weighted by Crippen LogP contribution is -2.26. The molecule has 6 heteroatoms. The van der Waals surface area contributed by atoms with E-state index in [9.17, 15) is 9.59 Å². The molecule has 1 aromatic rings. The lowest BCUT2D eigenvalue weighted by Gasteiger charge is -2.13. The van der Waals surface area contributed by atoms with Crippen LogP contribution >= 0.6 is 0 Å². The van der Waals surface area contributed by atoms with Crippen molar-refractivity contribution in [1.82, 2.24) is 0 Å². The van der Waals surface area contributed by atoms with Gasteiger partial charge < -0.3 is 9.47 Å². The molecule has 0 aliphatic carbocycles. The van der Waals surface area contributed by atoms with Gasteiger partial charge in [-0.25, -0.2) is 0 Å². The fourth-order valence-electron chi connectivity index (χ4n) is 1.39. The zero-order valence-corrected chi connectivity index (χ0v) is 9.91. The van der Waals surface area contributed by atoms with Gasteiger partial charge >= 0.3 is 11.9 Å². The molecule has 0 saturated carbocycles. The number of esters is 2. The standard InChI is InChI=1S/C13H10N2O4/c14-6-8-18-12(16)11(13(17)19-9-7-15)10-4-2-1-3-5-10/h1-5,11H,8-9H2. The minimum absolute atomic E-state index is 0.383. The van der Waals surface area contributed by atoms with Gasteiger partial charge in [0.25, 0.3) is 0 Å². The molecule has 96 valence electrons. The minimum Gasteiger partial charge on any atom is -0.449 e. The third-order valence-electron chi connectivity index (χ3n) is 2.16. The van der Waals surface area contributed by atoms with Crippen molar-refractivity contribution in [3.8, 4) is 12.1 Å². The summed E-state index contributed by atoms with van der Waals surface area (Å²) >= 11 is 0. The van der Waals surface area contributed by atoms with Gasteiger partial charge in [-0.05, 0) is 5.56 Å². The second kappa shape index (κ2) is 7.46. The Kier molecular flexibility index (Phi) is 5.58. The predicted molar refractivity (Wildman–Crippen MR) is 62.3 cm³/mol. The zero-order chi connectivity index (χ0) is 14.1. The first kappa shape index (κ1) is 14.2. The van der Waals surface area contributed by atoms with E-state index in [2.05, 4.69) is 9.47 Å². The van der Waals surface area contributed by atoms with Gasteiger partial charge in [0.2, 0.25) is 0 Å². The fraction of sp³-hybridized carbons (Fsp3) is 0.231. The van der Waals surface area contributed by atoms with Gasteiger partial charge in [-0.15, -0.1) is 0 Å². The largest absolute Gasteiger partial charge is 0.449 e. The van der Waals surface area contributed by atoms with E-state index >= 15 is 0 Å². The maximum Gasteiger partial charge on any atom is 0.325 e. The summed E-state index contributed by atoms with van der Waals surface area (Å²) in [6.45, 7) is -0.901. The molecule has 0 bridgehead atoms. The first-order valence-corrected chi connectivity index (χ1v) is 5.32. The van der Waals surface area contributed by atoms with Gasteiger partial charge in [0.15, 0.2) is 19.1 Å². The summed E-state index contributed by atoms with van der Waals surface area (Å²) in [6, 6.07) is 11.4. The van der Waals surface area contributed by atoms with Crippen molar-refractivity contribution in [1.29, 1.82) is 10.5 Å². The summed E-state index contributed by atoms with van der Waals surface area (Å²) in [4.78, 5) is 23.5. The predicted octanol–water partition coefficient (Wildman–Crippen LogP) is 0.904. The molecule has 0 N–H and O–H groups in total. The average Bonchev–Trinajstić information content (AvgIpc) is 2.44. The molecule has 0 fully saturated rings. The van der Waals surface area contributed by atoms with E-state index in [0.29, 0.717) is 5.56 Å². The number of carbonyl (C=O) groups excluding carboxylic acids is 2. The normalized spacial score (nSPS) is 9.21. The van der Waals surface area contributed by atoms with Crippen molar-refractivity contribution in [2.24, 2.45) is 0 Å². The zero-order valence-electron chi connectivity index (χ0n) is 9.91. The summed E-state index contributed by atoms with van der Waals surface area (Å²) < 4.78 is 9.25. The van der Waals surface area contributed by atoms with Crippen molar-refractivity contribution in [2.75, 3.05) is 13.2 Å². The lowest BCUT2D eigenvalue weighted by atomic mass is 9.99. The average molecular weight is 258 g/mol. The number of nitrogens with zero attached hydrogens (tertiary/aromatic N) is 2. The molecule has 1 rings (SSSR count). The fourth-order valence-corrected chi connectivity index (χ4v) is 1.39. The van der Waals surface area contributed by atoms with Gasteiger partial charge in [-0.2, -0.15) is 10.5 Å². The Morgan fingerprint density at radius 1 is 1.00 bits per heavy atom. The molecule has 19 heavy (non-hydrogen) atoms. The van der Waals surface area contributed by atoms with Gasteiger partial charge in [-0.1, -0.05) is 30.3 Å². The molecule has 6 nitrogen and oxygen atoms in total. The highest BCUT2D eigenvalue weighted by atomic mass is 16.6. The Labute approximate surface area is 109 Å². The van der Waals surface area contributed by atoms with E-state index in [0.717, 1.165) is 0 Å². The first-order chi connectivity index (χ1) is 9.20. The quantitative estimate of drug-likeness (QED) is 0.574. The number of hydrogen-bond acceptors (Lipinski definition) is 6. The number of hydrogen-bond donors (Lipinski definition) is 0. The van der Waals surface area contributed by atoms with Crippen LogP contribution < -0.4 is 0 Å². The van der Waals surface area contributed by atoms with Crippen LogP contribution in [0.2, 0.25) is 0 Å². The Hall–Kier alpha value is -2.86. The van der Waals surface area contributed by atoms with Crippen LogP contribution in [0.1, 0.15) is 11.5 Å². The van der Waals surface area contributed by atoms with Crippen LogP contribution in [-0.2, 0) is 19.1 Å². The molecule has 0 radical (unpaired) electrons. The molecule has 0 atom stereocenters. The van der Waals surface area contributed by atoms with Gasteiger partial charge in [0, 0.05) is 0 Å². The molecule has 1 aromatic carbocycles. The molecular formula is C13H10N2O4. The summed E-state index contributed by atoms with van der Waals surface area (Å²) in [6.07, 6.45) is 0. The number of ether oxygens (including phenoxy) is 2. The molecule has 0 amide bonds. The maximum atomic E-state index is 11.8. The van der Waals surface area contributed by atoms with Crippen molar-refractivity contribution < 1.29 is 19.1 Å². The second-order valence-electron chi connectivity index (χ2n) is 3.38. The monoisotopic (exact) mass is 258 g/mol. The van der Waals surface area contributed by atoms with Crippen molar-refractivity contribution in [2.45, 2.75) is 5.92 Å². The van der Waals surface area contributed by atoms with Gasteiger partial charge in [0.05, 0.1) is 0 Å². The Morgan fingerprint density at radius 2 is 1.47 bits per heavy atom. The van der Waals surface area contributed by atoms with E-state index in [4.69, 9.17) is 10.5 Å². The highest BCUT2D eigenvalue weighted by Crippen LogP contribution is 2.19. The van der Waals surface area contributed by atoms with Gasteiger partial charge in [-0.3, -0.25) is 9.59 Å². The van der Waals surface area contributed by atoms with E-state index in [-0.39, 0.29) is 0 Å². The number of carbonyl (C=O) groups is 2. The number of rotatable bonds is 5. The Bertz CT molecular complexity index is 498. The number of nitriles is 2. The highest BCUT2D eigenvalue weighted by molar-refractivity contribution is 6.00. The SMILES string of the molecule is N#CCOC(=O)C(C(=O)OCC#N)c1ccccc1. The van der Waals surface area contributed by atoms with Crippen LogP contribution in [-0.4, -0.2) is 25.2 Å². The number of benzene rings is 1. The minimum atomic E-state index is -1.29. The van der Waals surface area contributed by atoms with Crippen molar-refractivity contribution in [3.63, 3.8) is 0 Å². The molecule has 0 unspecified atom stereocenters. The molecule has 0 spiro atoms. The maximum absolute atomic E-state index is 11.8. The Morgan fingerprint density at radius 3 is 1.89 bits per heavy atom. The van der Waals surface area contributed by atoms with Crippen LogP contribution in [0.5, 0.6) is 0 Å². The van der Waals surface area contributed by atoms with E-state index in [1.54, 1.807) is 42.5 Å². The van der Waals surface area contributed by atoms with Crippen LogP contribution in [0, 0.1) is 22.7 Å². The molecule has 0 aliphatic rings. The molecular weight excluding hydrogens is 248 g/mol. The summed E-state index contributed by atoms with van der Waals surface area (Å²) in [5.74, 6) is -3.05. The van der Waals surface area contributed by atoms with Crippen LogP contribution in [0.15, 0.2) is 30.3 Å².